The summed E-state index contributed by atoms with van der Waals surface area (Å²) in [6, 6.07) is 9.19. The highest BCUT2D eigenvalue weighted by Crippen LogP contribution is 2.24. The van der Waals surface area contributed by atoms with Gasteiger partial charge in [-0.3, -0.25) is 14.2 Å². The molecule has 0 fully saturated rings. The Balaban J connectivity index is 1.57. The maximum atomic E-state index is 12.4. The minimum absolute atomic E-state index is 0.0289. The van der Waals surface area contributed by atoms with Crippen molar-refractivity contribution in [1.82, 2.24) is 14.9 Å². The highest BCUT2D eigenvalue weighted by atomic mass is 32.2. The minimum atomic E-state index is -0.220. The Bertz CT molecular complexity index is 791. The summed E-state index contributed by atoms with van der Waals surface area (Å²) in [5.74, 6) is 1.21. The minimum Gasteiger partial charge on any atom is -0.496 e. The largest absolute Gasteiger partial charge is 0.496 e. The summed E-state index contributed by atoms with van der Waals surface area (Å²) < 4.78 is 6.88. The van der Waals surface area contributed by atoms with Crippen LogP contribution in [0, 0.1) is 5.92 Å². The SMILES string of the molecule is COc1ccccc1CCNC(=O)[C@@H]1CSc2nccc(=O)n2C1. The van der Waals surface area contributed by atoms with Crippen LogP contribution in [-0.2, 0) is 17.8 Å². The number of nitrogens with one attached hydrogen (secondary N) is 1. The van der Waals surface area contributed by atoms with Gasteiger partial charge < -0.3 is 10.1 Å². The summed E-state index contributed by atoms with van der Waals surface area (Å²) in [5, 5.41) is 3.64. The number of benzene rings is 1. The summed E-state index contributed by atoms with van der Waals surface area (Å²) in [6.07, 6.45) is 2.21. The molecule has 1 aliphatic rings. The number of carbonyl (C=O) groups is 1. The number of para-hydroxylation sites is 1. The summed E-state index contributed by atoms with van der Waals surface area (Å²) in [6.45, 7) is 0.921. The van der Waals surface area contributed by atoms with E-state index in [4.69, 9.17) is 4.74 Å². The van der Waals surface area contributed by atoms with Crippen molar-refractivity contribution in [3.63, 3.8) is 0 Å². The van der Waals surface area contributed by atoms with E-state index in [-0.39, 0.29) is 17.4 Å². The smallest absolute Gasteiger partial charge is 0.254 e. The molecule has 2 aromatic rings. The molecule has 0 bridgehead atoms. The Morgan fingerprint density at radius 3 is 3.08 bits per heavy atom. The maximum absolute atomic E-state index is 12.4. The molecule has 3 rings (SSSR count). The molecule has 0 saturated heterocycles. The first-order valence-corrected chi connectivity index (χ1v) is 8.76. The number of amides is 1. The van der Waals surface area contributed by atoms with E-state index in [1.54, 1.807) is 11.7 Å². The molecule has 1 aromatic carbocycles. The van der Waals surface area contributed by atoms with Crippen molar-refractivity contribution in [2.45, 2.75) is 18.1 Å². The third kappa shape index (κ3) is 3.62. The Hall–Kier alpha value is -2.28. The second-order valence-corrected chi connectivity index (χ2v) is 6.52. The van der Waals surface area contributed by atoms with Crippen LogP contribution in [0.2, 0.25) is 0 Å². The molecule has 1 aliphatic heterocycles. The molecule has 0 radical (unpaired) electrons. The lowest BCUT2D eigenvalue weighted by Gasteiger charge is -2.23. The van der Waals surface area contributed by atoms with Gasteiger partial charge in [0, 0.05) is 31.1 Å². The van der Waals surface area contributed by atoms with Gasteiger partial charge in [0.2, 0.25) is 5.91 Å². The molecule has 6 nitrogen and oxygen atoms in total. The van der Waals surface area contributed by atoms with E-state index in [0.29, 0.717) is 30.4 Å². The van der Waals surface area contributed by atoms with E-state index >= 15 is 0 Å². The van der Waals surface area contributed by atoms with Crippen LogP contribution in [-0.4, -0.2) is 34.9 Å². The van der Waals surface area contributed by atoms with Gasteiger partial charge in [-0.05, 0) is 18.1 Å². The molecule has 24 heavy (non-hydrogen) atoms. The van der Waals surface area contributed by atoms with E-state index in [1.165, 1.54) is 24.0 Å². The van der Waals surface area contributed by atoms with Gasteiger partial charge in [0.15, 0.2) is 5.16 Å². The van der Waals surface area contributed by atoms with Gasteiger partial charge in [0.05, 0.1) is 13.0 Å². The van der Waals surface area contributed by atoms with Gasteiger partial charge in [0.1, 0.15) is 5.75 Å². The van der Waals surface area contributed by atoms with Crippen LogP contribution >= 0.6 is 11.8 Å². The van der Waals surface area contributed by atoms with Crippen molar-refractivity contribution in [3.8, 4) is 5.75 Å². The van der Waals surface area contributed by atoms with Crippen LogP contribution in [0.25, 0.3) is 0 Å². The van der Waals surface area contributed by atoms with Gasteiger partial charge in [-0.2, -0.15) is 0 Å². The van der Waals surface area contributed by atoms with Gasteiger partial charge >= 0.3 is 0 Å². The van der Waals surface area contributed by atoms with Crippen LogP contribution in [0.3, 0.4) is 0 Å². The quantitative estimate of drug-likeness (QED) is 0.828. The zero-order valence-corrected chi connectivity index (χ0v) is 14.2. The predicted molar refractivity (Wildman–Crippen MR) is 92.4 cm³/mol. The topological polar surface area (TPSA) is 73.2 Å². The Morgan fingerprint density at radius 2 is 2.25 bits per heavy atom. The molecular formula is C17H19N3O3S. The van der Waals surface area contributed by atoms with E-state index < -0.39 is 0 Å². The fraction of sp³-hybridized carbons (Fsp3) is 0.353. The molecule has 1 N–H and O–H groups in total. The second-order valence-electron chi connectivity index (χ2n) is 5.54. The lowest BCUT2D eigenvalue weighted by atomic mass is 10.1. The van der Waals surface area contributed by atoms with E-state index in [2.05, 4.69) is 10.3 Å². The fourth-order valence-corrected chi connectivity index (χ4v) is 3.75. The van der Waals surface area contributed by atoms with Crippen LogP contribution in [0.5, 0.6) is 5.75 Å². The molecule has 0 unspecified atom stereocenters. The third-order valence-corrected chi connectivity index (χ3v) is 5.13. The zero-order chi connectivity index (χ0) is 16.9. The van der Waals surface area contributed by atoms with E-state index in [1.807, 2.05) is 24.3 Å². The normalized spacial score (nSPS) is 16.3. The first kappa shape index (κ1) is 16.6. The monoisotopic (exact) mass is 345 g/mol. The van der Waals surface area contributed by atoms with Crippen LogP contribution < -0.4 is 15.6 Å². The first-order chi connectivity index (χ1) is 11.7. The van der Waals surface area contributed by atoms with Crippen molar-refractivity contribution in [2.75, 3.05) is 19.4 Å². The summed E-state index contributed by atoms with van der Waals surface area (Å²) in [7, 11) is 1.64. The number of fused-ring (bicyclic) bond motifs is 1. The number of ether oxygens (including phenoxy) is 1. The third-order valence-electron chi connectivity index (χ3n) is 3.97. The molecule has 0 spiro atoms. The lowest BCUT2D eigenvalue weighted by molar-refractivity contribution is -0.124. The number of hydrogen-bond donors (Lipinski definition) is 1. The predicted octanol–water partition coefficient (Wildman–Crippen LogP) is 1.33. The highest BCUT2D eigenvalue weighted by molar-refractivity contribution is 7.99. The fourth-order valence-electron chi connectivity index (χ4n) is 2.68. The number of thioether (sulfide) groups is 1. The molecule has 2 heterocycles. The number of carbonyl (C=O) groups excluding carboxylic acids is 1. The first-order valence-electron chi connectivity index (χ1n) is 7.77. The summed E-state index contributed by atoms with van der Waals surface area (Å²) >= 11 is 1.45. The standard InChI is InChI=1S/C17H19N3O3S/c1-23-14-5-3-2-4-12(14)6-8-18-16(22)13-10-20-15(21)7-9-19-17(20)24-11-13/h2-5,7,9,13H,6,8,10-11H2,1H3,(H,18,22)/t13-/m0/s1. The molecule has 1 aromatic heterocycles. The molecule has 0 aliphatic carbocycles. The van der Waals surface area contributed by atoms with E-state index in [0.717, 1.165) is 11.3 Å². The van der Waals surface area contributed by atoms with Crippen molar-refractivity contribution < 1.29 is 9.53 Å². The second kappa shape index (κ2) is 7.53. The number of aromatic nitrogens is 2. The molecule has 126 valence electrons. The molecule has 1 amide bonds. The van der Waals surface area contributed by atoms with E-state index in [9.17, 15) is 9.59 Å². The molecule has 1 atom stereocenters. The molecule has 0 saturated carbocycles. The Morgan fingerprint density at radius 1 is 1.42 bits per heavy atom. The summed E-state index contributed by atoms with van der Waals surface area (Å²) in [4.78, 5) is 28.4. The van der Waals surface area contributed by atoms with Crippen molar-refractivity contribution in [3.05, 3.63) is 52.4 Å². The van der Waals surface area contributed by atoms with Gasteiger partial charge in [0.25, 0.3) is 5.56 Å². The highest BCUT2D eigenvalue weighted by Gasteiger charge is 2.26. The average Bonchev–Trinajstić information content (AvgIpc) is 2.62. The maximum Gasteiger partial charge on any atom is 0.254 e. The lowest BCUT2D eigenvalue weighted by Crippen LogP contribution is -2.40. The molecular weight excluding hydrogens is 326 g/mol. The zero-order valence-electron chi connectivity index (χ0n) is 13.4. The Labute approximate surface area is 144 Å². The van der Waals surface area contributed by atoms with Crippen LogP contribution in [0.15, 0.2) is 46.5 Å². The van der Waals surface area contributed by atoms with Gasteiger partial charge in [-0.1, -0.05) is 30.0 Å². The number of nitrogens with zero attached hydrogens (tertiary/aromatic N) is 2. The average molecular weight is 345 g/mol. The van der Waals surface area contributed by atoms with Crippen molar-refractivity contribution >= 4 is 17.7 Å². The van der Waals surface area contributed by atoms with Crippen LogP contribution in [0.4, 0.5) is 0 Å². The number of methoxy groups -OCH3 is 1. The molecule has 7 heteroatoms. The van der Waals surface area contributed by atoms with Crippen molar-refractivity contribution in [2.24, 2.45) is 5.92 Å². The number of hydrogen-bond acceptors (Lipinski definition) is 5. The van der Waals surface area contributed by atoms with Crippen LogP contribution in [0.1, 0.15) is 5.56 Å². The van der Waals surface area contributed by atoms with Gasteiger partial charge in [-0.25, -0.2) is 4.98 Å². The summed E-state index contributed by atoms with van der Waals surface area (Å²) in [5.41, 5.74) is 0.947. The Kier molecular flexibility index (Phi) is 5.20. The number of rotatable bonds is 5. The van der Waals surface area contributed by atoms with Crippen molar-refractivity contribution in [1.29, 1.82) is 0 Å². The van der Waals surface area contributed by atoms with Gasteiger partial charge in [-0.15, -0.1) is 0 Å².